The van der Waals surface area contributed by atoms with E-state index >= 15 is 0 Å². The number of epoxide rings is 3. The number of aliphatic hydroxyl groups excluding tert-OH is 5. The molecule has 23 heteroatoms. The number of ether oxygens (including phenoxy) is 9. The monoisotopic (exact) mass is 1620 g/mol. The highest BCUT2D eigenvalue weighted by Gasteiger charge is 2.48. The van der Waals surface area contributed by atoms with Crippen molar-refractivity contribution < 1.29 is 112 Å². The Morgan fingerprint density at radius 2 is 0.860 bits per heavy atom. The maximum atomic E-state index is 12.8. The first-order valence-corrected chi connectivity index (χ1v) is 43.3. The van der Waals surface area contributed by atoms with Crippen LogP contribution in [-0.2, 0) is 71.4 Å². The van der Waals surface area contributed by atoms with Crippen LogP contribution in [0.25, 0.3) is 0 Å². The summed E-state index contributed by atoms with van der Waals surface area (Å²) < 4.78 is 51.4. The topological polar surface area (TPSA) is 357 Å². The predicted molar refractivity (Wildman–Crippen MR) is 438 cm³/mol. The summed E-state index contributed by atoms with van der Waals surface area (Å²) in [5.41, 5.74) is -3.08. The molecule has 0 aromatic rings. The van der Waals surface area contributed by atoms with Crippen molar-refractivity contribution in [2.45, 2.75) is 408 Å². The Labute approximate surface area is 683 Å². The zero-order valence-electron chi connectivity index (χ0n) is 73.5. The Kier molecular flexibility index (Phi) is 43.0. The summed E-state index contributed by atoms with van der Waals surface area (Å²) in [5, 5.41) is 83.9. The Morgan fingerprint density at radius 1 is 0.491 bits per heavy atom. The summed E-state index contributed by atoms with van der Waals surface area (Å²) in [5.74, 6) is -1.23. The number of carbonyl (C=O) groups is 6. The minimum absolute atomic E-state index is 0.0144. The van der Waals surface area contributed by atoms with Crippen molar-refractivity contribution in [1.29, 1.82) is 0 Å². The second kappa shape index (κ2) is 48.4. The lowest BCUT2D eigenvalue weighted by molar-refractivity contribution is -0.159. The number of allylic oxidation sites excluding steroid dienone is 3. The van der Waals surface area contributed by atoms with Crippen molar-refractivity contribution in [2.24, 2.45) is 71.0 Å². The molecule has 0 radical (unpaired) electrons. The van der Waals surface area contributed by atoms with Crippen molar-refractivity contribution in [2.75, 3.05) is 0 Å². The van der Waals surface area contributed by atoms with Gasteiger partial charge in [-0.25, -0.2) is 0 Å². The number of hydrogen-bond donors (Lipinski definition) is 8. The number of esters is 6. The molecular weight excluding hydrogens is 1460 g/mol. The zero-order chi connectivity index (χ0) is 85.9. The van der Waals surface area contributed by atoms with E-state index in [9.17, 15) is 69.6 Å². The molecular formula is C91H154O23. The summed E-state index contributed by atoms with van der Waals surface area (Å²) >= 11 is 0. The van der Waals surface area contributed by atoms with Crippen molar-refractivity contribution in [1.82, 2.24) is 0 Å². The molecule has 6 heterocycles. The van der Waals surface area contributed by atoms with Gasteiger partial charge < -0.3 is 83.5 Å². The van der Waals surface area contributed by atoms with Gasteiger partial charge in [-0.1, -0.05) is 153 Å². The molecule has 114 heavy (non-hydrogen) atoms. The summed E-state index contributed by atoms with van der Waals surface area (Å²) in [7, 11) is 0. The molecule has 0 aromatic carbocycles. The molecule has 6 aliphatic rings. The molecule has 0 aliphatic carbocycles. The minimum atomic E-state index is -1.39. The van der Waals surface area contributed by atoms with Crippen molar-refractivity contribution >= 4 is 35.8 Å². The van der Waals surface area contributed by atoms with Crippen LogP contribution in [0.5, 0.6) is 0 Å². The standard InChI is InChI=1S/C31H54O7.2C30H50O8/c1-9-25(33)23(6)30-26(37-30)17-19(2)11-10-12-21(4)29-22(5)13-14-27(36-24(7)32)31(8,35)16-15-20(3)18-28(34)38-29;2*1-8-24(33)21(5)29-25(37-29)16-18(2)10-9-11-19(3)28-20(4)12-13-26(36-22(6)31)30(7,35)15-14-23(32)17-27(34)38-28/h13-14,19-23,25-27,29-30,33,35H,9-12,15-18H2,1-8H3;11-13,18,20-21,23-26,28-29,32-33,35H,8-10,14-17H2,1-7H3;9-10,12-13,18-21,23-26,28-29,32-33,35H,8,11,14-17H2,1-7H3/b14-13+;13-12+,19-11+;10-9+,13-12+. The summed E-state index contributed by atoms with van der Waals surface area (Å²) in [6.45, 7) is 41.4. The van der Waals surface area contributed by atoms with Crippen LogP contribution < -0.4 is 0 Å². The summed E-state index contributed by atoms with van der Waals surface area (Å²) in [4.78, 5) is 73.1. The van der Waals surface area contributed by atoms with E-state index < -0.39 is 89.4 Å². The van der Waals surface area contributed by atoms with Crippen LogP contribution in [0.1, 0.15) is 287 Å². The fraction of sp³-hybridized carbons (Fsp3) is 0.824. The average molecular weight is 1620 g/mol. The highest BCUT2D eigenvalue weighted by molar-refractivity contribution is 5.71. The molecule has 6 rings (SSSR count). The normalized spacial score (nSPS) is 36.5. The maximum Gasteiger partial charge on any atom is 0.309 e. The SMILES string of the molecule is CCC(O)C(C)C1OC1CC(C)/C=C/CC(C)C1OC(=O)CC(O)CCC(C)(O)C(OC(C)=O)/C=C/C1C.CCC(O)C(C)C1OC1CC(C)CC/C=C(\C)C1OC(=O)CC(O)CCC(C)(O)C(OC(C)=O)/C=C/C1C.CCC(O)C(C)C1OC1CC(C)CCCC(C)C1OC(=O)CC(C)CCC(C)(O)C(OC(C)=O)/C=C/C1C. The van der Waals surface area contributed by atoms with Gasteiger partial charge >= 0.3 is 35.8 Å². The second-order valence-corrected chi connectivity index (χ2v) is 36.2. The smallest absolute Gasteiger partial charge is 0.309 e. The molecule has 3 saturated heterocycles. The van der Waals surface area contributed by atoms with Gasteiger partial charge in [-0.3, -0.25) is 28.8 Å². The van der Waals surface area contributed by atoms with E-state index in [2.05, 4.69) is 52.8 Å². The van der Waals surface area contributed by atoms with E-state index in [-0.39, 0.29) is 159 Å². The third-order valence-corrected chi connectivity index (χ3v) is 24.6. The van der Waals surface area contributed by atoms with Crippen molar-refractivity contribution in [3.63, 3.8) is 0 Å². The van der Waals surface area contributed by atoms with Crippen LogP contribution in [0, 0.1) is 71.0 Å². The fourth-order valence-corrected chi connectivity index (χ4v) is 16.3. The van der Waals surface area contributed by atoms with Crippen molar-refractivity contribution in [3.05, 3.63) is 60.3 Å². The fourth-order valence-electron chi connectivity index (χ4n) is 16.3. The van der Waals surface area contributed by atoms with Crippen LogP contribution in [0.3, 0.4) is 0 Å². The number of hydrogen-bond acceptors (Lipinski definition) is 23. The first-order valence-electron chi connectivity index (χ1n) is 43.3. The minimum Gasteiger partial charge on any atom is -0.461 e. The number of carbonyl (C=O) groups excluding carboxylic acids is 6. The average Bonchev–Trinajstić information content (AvgIpc) is 1.66. The molecule has 656 valence electrons. The molecule has 0 bridgehead atoms. The number of aliphatic hydroxyl groups is 8. The zero-order valence-corrected chi connectivity index (χ0v) is 73.5. The quantitative estimate of drug-likeness (QED) is 0.0138. The lowest BCUT2D eigenvalue weighted by Gasteiger charge is -2.33. The van der Waals surface area contributed by atoms with Crippen LogP contribution in [0.2, 0.25) is 0 Å². The molecule has 32 unspecified atom stereocenters. The third kappa shape index (κ3) is 35.6. The number of cyclic esters (lactones) is 3. The van der Waals surface area contributed by atoms with Gasteiger partial charge in [-0.15, -0.1) is 0 Å². The van der Waals surface area contributed by atoms with Gasteiger partial charge in [-0.05, 0) is 190 Å². The van der Waals surface area contributed by atoms with E-state index in [1.54, 1.807) is 39.0 Å². The highest BCUT2D eigenvalue weighted by atomic mass is 16.6. The van der Waals surface area contributed by atoms with Crippen molar-refractivity contribution in [3.8, 4) is 0 Å². The first kappa shape index (κ1) is 101. The van der Waals surface area contributed by atoms with E-state index in [0.29, 0.717) is 43.4 Å². The molecule has 8 N–H and O–H groups in total. The van der Waals surface area contributed by atoms with Gasteiger partial charge in [-0.2, -0.15) is 0 Å². The van der Waals surface area contributed by atoms with Gasteiger partial charge in [0.2, 0.25) is 0 Å². The largest absolute Gasteiger partial charge is 0.461 e. The Morgan fingerprint density at radius 3 is 1.27 bits per heavy atom. The Hall–Kier alpha value is -4.92. The predicted octanol–water partition coefficient (Wildman–Crippen LogP) is 13.9. The molecule has 23 nitrogen and oxygen atoms in total. The van der Waals surface area contributed by atoms with Crippen LogP contribution in [0.15, 0.2) is 60.3 Å². The van der Waals surface area contributed by atoms with E-state index in [1.165, 1.54) is 20.8 Å². The lowest BCUT2D eigenvalue weighted by Crippen LogP contribution is -2.42. The molecule has 0 amide bonds. The van der Waals surface area contributed by atoms with Gasteiger partial charge in [0.25, 0.3) is 0 Å². The van der Waals surface area contributed by atoms with Gasteiger partial charge in [0.1, 0.15) is 53.4 Å². The Bertz CT molecular complexity index is 3060. The van der Waals surface area contributed by atoms with Crippen LogP contribution in [-0.4, -0.2) is 197 Å². The maximum absolute atomic E-state index is 12.8. The van der Waals surface area contributed by atoms with E-state index in [1.807, 2.05) is 94.4 Å². The molecule has 32 atom stereocenters. The first-order chi connectivity index (χ1) is 53.2. The highest BCUT2D eigenvalue weighted by Crippen LogP contribution is 2.41. The Balaban J connectivity index is 0.000000360. The van der Waals surface area contributed by atoms with Crippen LogP contribution >= 0.6 is 0 Å². The molecule has 0 spiro atoms. The lowest BCUT2D eigenvalue weighted by atomic mass is 9.84. The van der Waals surface area contributed by atoms with E-state index in [4.69, 9.17) is 42.6 Å². The van der Waals surface area contributed by atoms with Gasteiger partial charge in [0, 0.05) is 62.7 Å². The van der Waals surface area contributed by atoms with Crippen LogP contribution in [0.4, 0.5) is 0 Å². The summed E-state index contributed by atoms with van der Waals surface area (Å²) in [6, 6.07) is 0. The molecule has 6 aliphatic heterocycles. The summed E-state index contributed by atoms with van der Waals surface area (Å²) in [6.07, 6.45) is 23.6. The molecule has 3 fully saturated rings. The molecule has 0 aromatic heterocycles. The third-order valence-electron chi connectivity index (χ3n) is 24.6. The van der Waals surface area contributed by atoms with Gasteiger partial charge in [0.15, 0.2) is 0 Å². The van der Waals surface area contributed by atoms with E-state index in [0.717, 1.165) is 76.2 Å². The second-order valence-electron chi connectivity index (χ2n) is 36.2. The molecule has 0 saturated carbocycles. The van der Waals surface area contributed by atoms with Gasteiger partial charge in [0.05, 0.1) is 80.0 Å². The number of rotatable bonds is 31.